The summed E-state index contributed by atoms with van der Waals surface area (Å²) in [7, 11) is 3.44. The van der Waals surface area contributed by atoms with Crippen LogP contribution in [0.1, 0.15) is 12.5 Å². The number of piperazine rings is 1. The number of pyridine rings is 1. The van der Waals surface area contributed by atoms with Crippen LogP contribution >= 0.6 is 11.6 Å². The summed E-state index contributed by atoms with van der Waals surface area (Å²) in [6.45, 7) is 2.73. The van der Waals surface area contributed by atoms with Gasteiger partial charge in [-0.15, -0.1) is 0 Å². The number of hydrogen-bond donors (Lipinski definition) is 0. The molecule has 0 aliphatic carbocycles. The molecule has 1 aliphatic rings. The topological polar surface area (TPSA) is 58.0 Å². The number of hydrogen-bond acceptors (Lipinski definition) is 4. The van der Waals surface area contributed by atoms with Gasteiger partial charge in [-0.3, -0.25) is 14.5 Å². The molecule has 6 nitrogen and oxygen atoms in total. The van der Waals surface area contributed by atoms with Crippen molar-refractivity contribution in [2.75, 3.05) is 45.2 Å². The van der Waals surface area contributed by atoms with E-state index in [2.05, 4.69) is 4.98 Å². The number of alkyl halides is 3. The van der Waals surface area contributed by atoms with Crippen LogP contribution in [0.25, 0.3) is 0 Å². The largest absolute Gasteiger partial charge is 0.419 e. The second-order valence-corrected chi connectivity index (χ2v) is 6.83. The second-order valence-electron chi connectivity index (χ2n) is 6.42. The van der Waals surface area contributed by atoms with E-state index >= 15 is 0 Å². The molecule has 1 fully saturated rings. The smallest absolute Gasteiger partial charge is 0.383 e. The molecule has 148 valence electrons. The van der Waals surface area contributed by atoms with Crippen molar-refractivity contribution in [1.82, 2.24) is 9.80 Å². The zero-order chi connectivity index (χ0) is 20.4. The standard InChI is InChI=1S/C17H20ClF3N4O2/c1-11(26)13(10-23(2)3)16(27)25-6-4-24(5-7-25)15-14(18)8-12(9-22-15)17(19,20)21/h8-10H,4-7H2,1-3H3/p+1. The van der Waals surface area contributed by atoms with Crippen LogP contribution in [-0.2, 0) is 15.8 Å². The summed E-state index contributed by atoms with van der Waals surface area (Å²) in [4.78, 5) is 31.9. The fraction of sp³-hybridized carbons (Fsp3) is 0.471. The molecule has 27 heavy (non-hydrogen) atoms. The first-order chi connectivity index (χ1) is 12.5. The number of amides is 1. The zero-order valence-corrected chi connectivity index (χ0v) is 16.0. The van der Waals surface area contributed by atoms with Crippen molar-refractivity contribution in [2.45, 2.75) is 13.1 Å². The first-order valence-electron chi connectivity index (χ1n) is 8.22. The highest BCUT2D eigenvalue weighted by molar-refractivity contribution is 6.32. The van der Waals surface area contributed by atoms with Gasteiger partial charge in [-0.2, -0.15) is 13.2 Å². The molecular formula is C17H21ClF3N4O2+. The average Bonchev–Trinajstić information content (AvgIpc) is 2.58. The number of carbonyl (C=O) groups is 2. The van der Waals surface area contributed by atoms with Gasteiger partial charge < -0.3 is 9.80 Å². The van der Waals surface area contributed by atoms with Crippen LogP contribution in [0.5, 0.6) is 0 Å². The van der Waals surface area contributed by atoms with Crippen molar-refractivity contribution in [3.05, 3.63) is 34.6 Å². The summed E-state index contributed by atoms with van der Waals surface area (Å²) in [5.74, 6) is -0.319. The number of aromatic amines is 1. The molecule has 1 saturated heterocycles. The number of halogens is 4. The molecule has 1 aromatic heterocycles. The summed E-state index contributed by atoms with van der Waals surface area (Å²) >= 11 is 6.00. The lowest BCUT2D eigenvalue weighted by molar-refractivity contribution is -0.367. The molecule has 0 saturated carbocycles. The summed E-state index contributed by atoms with van der Waals surface area (Å²) in [6, 6.07) is 0.874. The highest BCUT2D eigenvalue weighted by atomic mass is 35.5. The maximum Gasteiger partial charge on any atom is 0.419 e. The summed E-state index contributed by atoms with van der Waals surface area (Å²) in [5, 5.41) is -0.0402. The van der Waals surface area contributed by atoms with Gasteiger partial charge in [-0.05, 0) is 13.0 Å². The van der Waals surface area contributed by atoms with Crippen molar-refractivity contribution < 1.29 is 27.7 Å². The van der Waals surface area contributed by atoms with Crippen LogP contribution in [0, 0.1) is 0 Å². The number of Topliss-reactive ketones (excluding diaryl/α,β-unsaturated/α-hetero) is 1. The van der Waals surface area contributed by atoms with E-state index in [-0.39, 0.29) is 22.3 Å². The number of nitrogens with one attached hydrogen (secondary N) is 1. The highest BCUT2D eigenvalue weighted by Crippen LogP contribution is 2.32. The summed E-state index contributed by atoms with van der Waals surface area (Å²) in [6.07, 6.45) is -2.13. The quantitative estimate of drug-likeness (QED) is 0.436. The molecule has 0 unspecified atom stereocenters. The number of H-pyrrole nitrogens is 1. The third-order valence-electron chi connectivity index (χ3n) is 4.08. The first kappa shape index (κ1) is 21.0. The van der Waals surface area contributed by atoms with Crippen LogP contribution in [0.15, 0.2) is 24.0 Å². The van der Waals surface area contributed by atoms with Gasteiger partial charge in [-0.1, -0.05) is 11.6 Å². The van der Waals surface area contributed by atoms with Gasteiger partial charge in [0.2, 0.25) is 0 Å². The summed E-state index contributed by atoms with van der Waals surface area (Å²) < 4.78 is 38.2. The molecular weight excluding hydrogens is 385 g/mol. The van der Waals surface area contributed by atoms with Gasteiger partial charge in [0.15, 0.2) is 5.78 Å². The van der Waals surface area contributed by atoms with Crippen molar-refractivity contribution >= 4 is 29.1 Å². The molecule has 2 heterocycles. The normalized spacial score (nSPS) is 15.7. The lowest BCUT2D eigenvalue weighted by Crippen LogP contribution is -2.51. The van der Waals surface area contributed by atoms with Gasteiger partial charge in [0, 0.05) is 20.3 Å². The van der Waals surface area contributed by atoms with E-state index in [1.54, 1.807) is 28.8 Å². The van der Waals surface area contributed by atoms with E-state index in [9.17, 15) is 22.8 Å². The van der Waals surface area contributed by atoms with E-state index in [0.29, 0.717) is 32.0 Å². The van der Waals surface area contributed by atoms with Gasteiger partial charge >= 0.3 is 6.18 Å². The zero-order valence-electron chi connectivity index (χ0n) is 15.2. The monoisotopic (exact) mass is 405 g/mol. The molecule has 1 N–H and O–H groups in total. The Morgan fingerprint density at radius 2 is 1.81 bits per heavy atom. The maximum atomic E-state index is 12.7. The van der Waals surface area contributed by atoms with Crippen LogP contribution in [0.2, 0.25) is 5.02 Å². The SMILES string of the molecule is CC(=O)C(=CN(C)C)C(=O)N1CCN(c2[nH+]cc(C(F)(F)F)cc2Cl)CC1. The minimum Gasteiger partial charge on any atom is -0.383 e. The van der Waals surface area contributed by atoms with Crippen molar-refractivity contribution in [3.63, 3.8) is 0 Å². The predicted molar refractivity (Wildman–Crippen MR) is 94.3 cm³/mol. The Labute approximate surface area is 160 Å². The lowest BCUT2D eigenvalue weighted by Gasteiger charge is -2.31. The molecule has 0 atom stereocenters. The van der Waals surface area contributed by atoms with E-state index < -0.39 is 11.7 Å². The van der Waals surface area contributed by atoms with Gasteiger partial charge in [0.05, 0.1) is 24.2 Å². The van der Waals surface area contributed by atoms with E-state index in [4.69, 9.17) is 11.6 Å². The molecule has 0 aromatic carbocycles. The molecule has 0 bridgehead atoms. The number of ketones is 1. The number of nitrogens with zero attached hydrogens (tertiary/aromatic N) is 3. The Morgan fingerprint density at radius 1 is 1.22 bits per heavy atom. The minimum absolute atomic E-state index is 0.0402. The Hall–Kier alpha value is -2.29. The van der Waals surface area contributed by atoms with Crippen LogP contribution < -0.4 is 9.88 Å². The fourth-order valence-corrected chi connectivity index (χ4v) is 3.02. The van der Waals surface area contributed by atoms with Gasteiger partial charge in [0.25, 0.3) is 11.7 Å². The fourth-order valence-electron chi connectivity index (χ4n) is 2.73. The number of carbonyl (C=O) groups excluding carboxylic acids is 2. The lowest BCUT2D eigenvalue weighted by atomic mass is 10.1. The van der Waals surface area contributed by atoms with E-state index in [0.717, 1.165) is 12.3 Å². The molecule has 0 spiro atoms. The van der Waals surface area contributed by atoms with Crippen molar-refractivity contribution in [1.29, 1.82) is 0 Å². The summed E-state index contributed by atoms with van der Waals surface area (Å²) in [5.41, 5.74) is -0.766. The van der Waals surface area contributed by atoms with E-state index in [1.165, 1.54) is 13.1 Å². The third kappa shape index (κ3) is 5.12. The molecule has 1 amide bonds. The molecule has 2 rings (SSSR count). The maximum absolute atomic E-state index is 12.7. The third-order valence-corrected chi connectivity index (χ3v) is 4.37. The Kier molecular flexibility index (Phi) is 6.35. The van der Waals surface area contributed by atoms with Crippen LogP contribution in [0.3, 0.4) is 0 Å². The van der Waals surface area contributed by atoms with Crippen LogP contribution in [-0.4, -0.2) is 61.8 Å². The molecule has 0 radical (unpaired) electrons. The van der Waals surface area contributed by atoms with Crippen molar-refractivity contribution in [3.8, 4) is 0 Å². The average molecular weight is 406 g/mol. The van der Waals surface area contributed by atoms with Crippen LogP contribution in [0.4, 0.5) is 19.0 Å². The number of rotatable bonds is 4. The Morgan fingerprint density at radius 3 is 2.26 bits per heavy atom. The van der Waals surface area contributed by atoms with E-state index in [1.807, 2.05) is 0 Å². The number of anilines is 1. The second kappa shape index (κ2) is 8.16. The molecule has 1 aliphatic heterocycles. The highest BCUT2D eigenvalue weighted by Gasteiger charge is 2.35. The Bertz CT molecular complexity index is 757. The van der Waals surface area contributed by atoms with Gasteiger partial charge in [-0.25, -0.2) is 4.98 Å². The number of aromatic nitrogens is 1. The first-order valence-corrected chi connectivity index (χ1v) is 8.60. The van der Waals surface area contributed by atoms with Crippen molar-refractivity contribution in [2.24, 2.45) is 0 Å². The Balaban J connectivity index is 2.09. The van der Waals surface area contributed by atoms with Gasteiger partial charge in [0.1, 0.15) is 24.3 Å². The molecule has 10 heteroatoms. The predicted octanol–water partition coefficient (Wildman–Crippen LogP) is 1.86. The molecule has 1 aromatic rings. The minimum atomic E-state index is -4.48.